The molecule has 1 amide bonds. The van der Waals surface area contributed by atoms with E-state index in [9.17, 15) is 13.6 Å². The van der Waals surface area contributed by atoms with Crippen LogP contribution in [0.5, 0.6) is 0 Å². The van der Waals surface area contributed by atoms with Gasteiger partial charge in [0.2, 0.25) is 0 Å². The number of nitrogens with two attached hydrogens (primary N) is 2. The number of nitrogens with one attached hydrogen (secondary N) is 1. The predicted molar refractivity (Wildman–Crippen MR) is 134 cm³/mol. The largest absolute Gasteiger partial charge is 0.399 e. The van der Waals surface area contributed by atoms with Crippen molar-refractivity contribution in [1.29, 1.82) is 0 Å². The Labute approximate surface area is 201 Å². The van der Waals surface area contributed by atoms with Crippen molar-refractivity contribution in [1.82, 2.24) is 4.90 Å². The fraction of sp³-hybridized carbons (Fsp3) is 0.444. The molecule has 34 heavy (non-hydrogen) atoms. The summed E-state index contributed by atoms with van der Waals surface area (Å²) in [4.78, 5) is 15.2. The Morgan fingerprint density at radius 3 is 2.50 bits per heavy atom. The highest BCUT2D eigenvalue weighted by molar-refractivity contribution is 5.99. The van der Waals surface area contributed by atoms with Gasteiger partial charge >= 0.3 is 0 Å². The van der Waals surface area contributed by atoms with Gasteiger partial charge in [0.05, 0.1) is 18.2 Å². The van der Waals surface area contributed by atoms with Crippen molar-refractivity contribution in [3.63, 3.8) is 0 Å². The van der Waals surface area contributed by atoms with E-state index < -0.39 is 12.0 Å². The highest BCUT2D eigenvalue weighted by atomic mass is 19.3. The van der Waals surface area contributed by atoms with E-state index in [1.54, 1.807) is 29.2 Å². The lowest BCUT2D eigenvalue weighted by molar-refractivity contribution is -0.125. The molecule has 7 heteroatoms. The third-order valence-electron chi connectivity index (χ3n) is 6.64. The van der Waals surface area contributed by atoms with Crippen molar-refractivity contribution in [2.75, 3.05) is 24.1 Å². The highest BCUT2D eigenvalue weighted by Gasteiger charge is 2.35. The van der Waals surface area contributed by atoms with E-state index in [0.717, 1.165) is 24.8 Å². The molecule has 1 unspecified atom stereocenters. The summed E-state index contributed by atoms with van der Waals surface area (Å²) in [5.41, 5.74) is 15.3. The first-order valence-electron chi connectivity index (χ1n) is 12.0. The maximum atomic E-state index is 14.3. The van der Waals surface area contributed by atoms with Crippen LogP contribution in [-0.2, 0) is 10.7 Å². The molecule has 0 spiro atoms. The number of halogens is 2. The van der Waals surface area contributed by atoms with E-state index in [1.807, 2.05) is 12.1 Å². The first kappa shape index (κ1) is 25.7. The minimum atomic E-state index is -2.91. The van der Waals surface area contributed by atoms with Crippen molar-refractivity contribution in [3.05, 3.63) is 70.9 Å². The molecule has 1 aliphatic heterocycles. The first-order chi connectivity index (χ1) is 16.2. The molecule has 0 radical (unpaired) electrons. The number of hydrogen-bond donors (Lipinski definition) is 3. The molecule has 0 saturated heterocycles. The number of nitrogens with zero attached hydrogens (tertiary/aromatic N) is 1. The van der Waals surface area contributed by atoms with E-state index in [1.165, 1.54) is 19.1 Å². The molecule has 0 saturated carbocycles. The van der Waals surface area contributed by atoms with Crippen molar-refractivity contribution < 1.29 is 13.6 Å². The Hall–Kier alpha value is -2.93. The average Bonchev–Trinajstić information content (AvgIpc) is 3.13. The van der Waals surface area contributed by atoms with Crippen LogP contribution < -0.4 is 16.8 Å². The highest BCUT2D eigenvalue weighted by Crippen LogP contribution is 2.35. The third kappa shape index (κ3) is 5.95. The Bertz CT molecular complexity index is 1020. The van der Waals surface area contributed by atoms with Gasteiger partial charge in [0.25, 0.3) is 11.8 Å². The number of rotatable bonds is 11. The molecule has 0 aliphatic carbocycles. The monoisotopic (exact) mass is 470 g/mol. The maximum absolute atomic E-state index is 14.3. The third-order valence-corrected chi connectivity index (χ3v) is 6.64. The normalized spacial score (nSPS) is 16.2. The molecule has 5 nitrogen and oxygen atoms in total. The minimum Gasteiger partial charge on any atom is -0.399 e. The number of nitrogen functional groups attached to an aromatic ring is 1. The van der Waals surface area contributed by atoms with Gasteiger partial charge in [-0.05, 0) is 48.6 Å². The molecule has 0 aromatic heterocycles. The van der Waals surface area contributed by atoms with Gasteiger partial charge in [0, 0.05) is 35.6 Å². The number of amides is 1. The van der Waals surface area contributed by atoms with Crippen LogP contribution in [-0.4, -0.2) is 23.9 Å². The fourth-order valence-electron chi connectivity index (χ4n) is 4.16. The van der Waals surface area contributed by atoms with Crippen molar-refractivity contribution in [2.24, 2.45) is 11.7 Å². The summed E-state index contributed by atoms with van der Waals surface area (Å²) in [5.74, 6) is -2.43. The van der Waals surface area contributed by atoms with Gasteiger partial charge < -0.3 is 21.7 Å². The summed E-state index contributed by atoms with van der Waals surface area (Å²) in [5, 5.41) is 3.24. The molecular weight excluding hydrogens is 434 g/mol. The molecule has 0 fully saturated rings. The summed E-state index contributed by atoms with van der Waals surface area (Å²) in [7, 11) is 0. The van der Waals surface area contributed by atoms with Gasteiger partial charge in [-0.1, -0.05) is 51.5 Å². The first-order valence-corrected chi connectivity index (χ1v) is 12.0. The summed E-state index contributed by atoms with van der Waals surface area (Å²) in [6.07, 6.45) is 2.76. The van der Waals surface area contributed by atoms with Gasteiger partial charge in [-0.15, -0.1) is 0 Å². The van der Waals surface area contributed by atoms with Crippen LogP contribution >= 0.6 is 0 Å². The molecule has 0 bridgehead atoms. The van der Waals surface area contributed by atoms with Gasteiger partial charge in [0.15, 0.2) is 0 Å². The van der Waals surface area contributed by atoms with Crippen LogP contribution in [0.1, 0.15) is 63.6 Å². The molecule has 3 rings (SSSR count). The molecule has 1 aliphatic rings. The Balaban J connectivity index is 1.89. The topological polar surface area (TPSA) is 84.4 Å². The van der Waals surface area contributed by atoms with Gasteiger partial charge in [0.1, 0.15) is 0 Å². The molecule has 2 atom stereocenters. The van der Waals surface area contributed by atoms with Crippen LogP contribution in [0, 0.1) is 5.92 Å². The maximum Gasteiger partial charge on any atom is 0.273 e. The van der Waals surface area contributed by atoms with Crippen LogP contribution in [0.2, 0.25) is 0 Å². The van der Waals surface area contributed by atoms with Crippen LogP contribution in [0.3, 0.4) is 0 Å². The fourth-order valence-corrected chi connectivity index (χ4v) is 4.16. The Morgan fingerprint density at radius 1 is 1.15 bits per heavy atom. The number of hydrogen-bond acceptors (Lipinski definition) is 4. The second-order valence-corrected chi connectivity index (χ2v) is 9.18. The lowest BCUT2D eigenvalue weighted by atomic mass is 9.98. The summed E-state index contributed by atoms with van der Waals surface area (Å²) in [6.45, 7) is 6.82. The second kappa shape index (κ2) is 11.0. The van der Waals surface area contributed by atoms with Crippen molar-refractivity contribution >= 4 is 17.3 Å². The number of carbonyl (C=O) groups excluding carboxylic acids is 1. The minimum absolute atomic E-state index is 0.0558. The zero-order chi connectivity index (χ0) is 24.9. The number of alkyl halides is 2. The standard InChI is InChI=1S/C27H36F2N4O/c1-4-18(3)8-7-15-33-17-23(32-22-10-6-9-20(16-22)27(28,29)5-2)24(26(33)34)25(31)19-11-13-21(30)14-12-19/h6,9-14,16,18,25,32H,4-5,7-8,15,17,30-31H2,1-3H3/t18?,25-/m1/s1. The Kier molecular flexibility index (Phi) is 8.31. The quantitative estimate of drug-likeness (QED) is 0.362. The van der Waals surface area contributed by atoms with Crippen LogP contribution in [0.4, 0.5) is 20.2 Å². The Morgan fingerprint density at radius 2 is 1.85 bits per heavy atom. The van der Waals surface area contributed by atoms with E-state index in [4.69, 9.17) is 11.5 Å². The summed E-state index contributed by atoms with van der Waals surface area (Å²) in [6, 6.07) is 12.7. The zero-order valence-corrected chi connectivity index (χ0v) is 20.3. The van der Waals surface area contributed by atoms with E-state index in [-0.39, 0.29) is 17.9 Å². The van der Waals surface area contributed by atoms with Crippen LogP contribution in [0.25, 0.3) is 0 Å². The van der Waals surface area contributed by atoms with Gasteiger partial charge in [-0.2, -0.15) is 0 Å². The second-order valence-electron chi connectivity index (χ2n) is 9.18. The lowest BCUT2D eigenvalue weighted by Gasteiger charge is -2.19. The molecule has 1 heterocycles. The molecule has 2 aromatic carbocycles. The van der Waals surface area contributed by atoms with Crippen molar-refractivity contribution in [2.45, 2.75) is 58.4 Å². The number of anilines is 2. The molecule has 5 N–H and O–H groups in total. The molecule has 184 valence electrons. The molecule has 2 aromatic rings. The zero-order valence-electron chi connectivity index (χ0n) is 20.3. The van der Waals surface area contributed by atoms with Crippen molar-refractivity contribution in [3.8, 4) is 0 Å². The smallest absolute Gasteiger partial charge is 0.273 e. The van der Waals surface area contributed by atoms with Crippen LogP contribution in [0.15, 0.2) is 59.8 Å². The van der Waals surface area contributed by atoms with E-state index >= 15 is 0 Å². The summed E-state index contributed by atoms with van der Waals surface area (Å²) < 4.78 is 28.5. The number of benzene rings is 2. The predicted octanol–water partition coefficient (Wildman–Crippen LogP) is 5.81. The van der Waals surface area contributed by atoms with Gasteiger partial charge in [-0.25, -0.2) is 8.78 Å². The van der Waals surface area contributed by atoms with E-state index in [0.29, 0.717) is 41.7 Å². The lowest BCUT2D eigenvalue weighted by Crippen LogP contribution is -2.31. The molecular formula is C27H36F2N4O. The number of carbonyl (C=O) groups is 1. The summed E-state index contributed by atoms with van der Waals surface area (Å²) >= 11 is 0. The average molecular weight is 471 g/mol. The SMILES string of the molecule is CCC(C)CCCN1CC(Nc2cccc(C(F)(F)CC)c2)=C([C@H](N)c2ccc(N)cc2)C1=O. The van der Waals surface area contributed by atoms with E-state index in [2.05, 4.69) is 19.2 Å². The van der Waals surface area contributed by atoms with Gasteiger partial charge in [-0.3, -0.25) is 4.79 Å².